The minimum Gasteiger partial charge on any atom is -0.221 e. The van der Waals surface area contributed by atoms with Crippen molar-refractivity contribution < 1.29 is 0 Å². The zero-order valence-electron chi connectivity index (χ0n) is 11.8. The first-order chi connectivity index (χ1) is 9.02. The van der Waals surface area contributed by atoms with E-state index in [1.807, 2.05) is 11.8 Å². The Balaban J connectivity index is 2.17. The monoisotopic (exact) mass is 314 g/mol. The van der Waals surface area contributed by atoms with Crippen molar-refractivity contribution in [1.82, 2.24) is 9.97 Å². The lowest BCUT2D eigenvalue weighted by molar-refractivity contribution is 0.636. The summed E-state index contributed by atoms with van der Waals surface area (Å²) >= 11 is 9.89. The van der Waals surface area contributed by atoms with Gasteiger partial charge in [-0.3, -0.25) is 0 Å². The third-order valence-corrected chi connectivity index (χ3v) is 6.00. The van der Waals surface area contributed by atoms with E-state index in [-0.39, 0.29) is 0 Å². The van der Waals surface area contributed by atoms with E-state index in [1.54, 1.807) is 11.3 Å². The molecule has 0 aliphatic carbocycles. The molecule has 0 bridgehead atoms. The molecule has 1 unspecified atom stereocenters. The van der Waals surface area contributed by atoms with Gasteiger partial charge in [0.05, 0.1) is 11.1 Å². The highest BCUT2D eigenvalue weighted by atomic mass is 35.5. The van der Waals surface area contributed by atoms with E-state index in [1.165, 1.54) is 16.9 Å². The van der Waals surface area contributed by atoms with Crippen molar-refractivity contribution in [1.29, 1.82) is 0 Å². The Bertz CT molecular complexity index is 580. The van der Waals surface area contributed by atoms with Crippen LogP contribution in [0.2, 0.25) is 5.15 Å². The molecule has 0 fully saturated rings. The van der Waals surface area contributed by atoms with Crippen molar-refractivity contribution in [3.05, 3.63) is 21.4 Å². The van der Waals surface area contributed by atoms with E-state index in [0.717, 1.165) is 33.5 Å². The van der Waals surface area contributed by atoms with Crippen LogP contribution in [0.4, 0.5) is 0 Å². The van der Waals surface area contributed by atoms with E-state index in [2.05, 4.69) is 37.7 Å². The van der Waals surface area contributed by atoms with Gasteiger partial charge in [-0.05, 0) is 31.1 Å². The van der Waals surface area contributed by atoms with Crippen LogP contribution in [0.25, 0.3) is 10.2 Å². The molecule has 0 amide bonds. The molecule has 0 spiro atoms. The molecule has 0 radical (unpaired) electrons. The Morgan fingerprint density at radius 2 is 2.05 bits per heavy atom. The van der Waals surface area contributed by atoms with Gasteiger partial charge in [0.25, 0.3) is 0 Å². The van der Waals surface area contributed by atoms with Crippen LogP contribution in [-0.4, -0.2) is 15.7 Å². The van der Waals surface area contributed by atoms with E-state index < -0.39 is 0 Å². The zero-order valence-corrected chi connectivity index (χ0v) is 14.2. The topological polar surface area (TPSA) is 25.8 Å². The van der Waals surface area contributed by atoms with Crippen LogP contribution in [0, 0.1) is 19.8 Å². The SMILES string of the molecule is CCC(C)CSCc1nc(Cl)c2c(C)c(C)sc2n1. The summed E-state index contributed by atoms with van der Waals surface area (Å²) in [4.78, 5) is 11.4. The van der Waals surface area contributed by atoms with Crippen LogP contribution < -0.4 is 0 Å². The van der Waals surface area contributed by atoms with Crippen LogP contribution in [0.3, 0.4) is 0 Å². The molecule has 2 aromatic heterocycles. The Morgan fingerprint density at radius 3 is 2.74 bits per heavy atom. The second kappa shape index (κ2) is 6.42. The second-order valence-corrected chi connectivity index (χ2v) is 7.51. The van der Waals surface area contributed by atoms with Crippen molar-refractivity contribution in [2.24, 2.45) is 5.92 Å². The molecule has 2 nitrogen and oxygen atoms in total. The van der Waals surface area contributed by atoms with Gasteiger partial charge in [0.15, 0.2) is 0 Å². The molecule has 0 N–H and O–H groups in total. The summed E-state index contributed by atoms with van der Waals surface area (Å²) in [6.07, 6.45) is 1.22. The number of fused-ring (bicyclic) bond motifs is 1. The molecule has 2 aromatic rings. The number of nitrogens with zero attached hydrogens (tertiary/aromatic N) is 2. The largest absolute Gasteiger partial charge is 0.221 e. The quantitative estimate of drug-likeness (QED) is 0.706. The molecule has 1 atom stereocenters. The maximum absolute atomic E-state index is 6.30. The summed E-state index contributed by atoms with van der Waals surface area (Å²) in [7, 11) is 0. The van der Waals surface area contributed by atoms with Crippen molar-refractivity contribution in [2.45, 2.75) is 39.9 Å². The fraction of sp³-hybridized carbons (Fsp3) is 0.571. The minimum absolute atomic E-state index is 0.603. The number of thioether (sulfide) groups is 1. The van der Waals surface area contributed by atoms with Gasteiger partial charge >= 0.3 is 0 Å². The molecule has 2 heterocycles. The highest BCUT2D eigenvalue weighted by molar-refractivity contribution is 7.98. The third kappa shape index (κ3) is 3.41. The molecular formula is C14H19ClN2S2. The molecule has 19 heavy (non-hydrogen) atoms. The van der Waals surface area contributed by atoms with E-state index in [9.17, 15) is 0 Å². The predicted octanol–water partition coefficient (Wildman–Crippen LogP) is 5.24. The predicted molar refractivity (Wildman–Crippen MR) is 87.5 cm³/mol. The summed E-state index contributed by atoms with van der Waals surface area (Å²) in [5.41, 5.74) is 1.21. The molecule has 0 saturated heterocycles. The van der Waals surface area contributed by atoms with Crippen LogP contribution in [0.5, 0.6) is 0 Å². The van der Waals surface area contributed by atoms with E-state index in [0.29, 0.717) is 5.15 Å². The summed E-state index contributed by atoms with van der Waals surface area (Å²) in [5.74, 6) is 3.59. The first-order valence-electron chi connectivity index (χ1n) is 6.52. The van der Waals surface area contributed by atoms with Gasteiger partial charge in [0.2, 0.25) is 0 Å². The van der Waals surface area contributed by atoms with E-state index in [4.69, 9.17) is 11.6 Å². The van der Waals surface area contributed by atoms with Gasteiger partial charge in [-0.1, -0.05) is 31.9 Å². The molecule has 2 rings (SSSR count). The fourth-order valence-corrected chi connectivity index (χ4v) is 4.28. The molecule has 0 saturated carbocycles. The molecule has 5 heteroatoms. The maximum atomic E-state index is 6.30. The molecule has 0 aliphatic heterocycles. The maximum Gasteiger partial charge on any atom is 0.141 e. The normalized spacial score (nSPS) is 13.1. The Kier molecular flexibility index (Phi) is 5.09. The lowest BCUT2D eigenvalue weighted by atomic mass is 10.2. The minimum atomic E-state index is 0.603. The van der Waals surface area contributed by atoms with Gasteiger partial charge in [0, 0.05) is 4.88 Å². The van der Waals surface area contributed by atoms with Crippen molar-refractivity contribution in [3.8, 4) is 0 Å². The van der Waals surface area contributed by atoms with Gasteiger partial charge in [0.1, 0.15) is 15.8 Å². The first-order valence-corrected chi connectivity index (χ1v) is 8.87. The molecule has 0 aliphatic rings. The van der Waals surface area contributed by atoms with Crippen molar-refractivity contribution in [3.63, 3.8) is 0 Å². The Labute approximate surface area is 128 Å². The van der Waals surface area contributed by atoms with E-state index >= 15 is 0 Å². The average molecular weight is 315 g/mol. The Hall–Kier alpha value is -0.320. The summed E-state index contributed by atoms with van der Waals surface area (Å²) < 4.78 is 0. The van der Waals surface area contributed by atoms with Gasteiger partial charge in [-0.25, -0.2) is 9.97 Å². The molecule has 104 valence electrons. The third-order valence-electron chi connectivity index (χ3n) is 3.36. The van der Waals surface area contributed by atoms with Crippen molar-refractivity contribution >= 4 is 44.9 Å². The number of hydrogen-bond donors (Lipinski definition) is 0. The Morgan fingerprint density at radius 1 is 1.32 bits per heavy atom. The number of halogens is 1. The van der Waals surface area contributed by atoms with Gasteiger partial charge in [-0.15, -0.1) is 11.3 Å². The average Bonchev–Trinajstić information content (AvgIpc) is 2.65. The molecular weight excluding hydrogens is 296 g/mol. The summed E-state index contributed by atoms with van der Waals surface area (Å²) in [5, 5.41) is 1.63. The smallest absolute Gasteiger partial charge is 0.141 e. The fourth-order valence-electron chi connectivity index (χ4n) is 1.78. The highest BCUT2D eigenvalue weighted by Crippen LogP contribution is 2.33. The van der Waals surface area contributed by atoms with Gasteiger partial charge in [-0.2, -0.15) is 11.8 Å². The van der Waals surface area contributed by atoms with Crippen LogP contribution in [-0.2, 0) is 5.75 Å². The molecule has 0 aromatic carbocycles. The number of thiophene rings is 1. The number of rotatable bonds is 5. The highest BCUT2D eigenvalue weighted by Gasteiger charge is 2.13. The summed E-state index contributed by atoms with van der Waals surface area (Å²) in [6, 6.07) is 0. The summed E-state index contributed by atoms with van der Waals surface area (Å²) in [6.45, 7) is 8.69. The van der Waals surface area contributed by atoms with Crippen LogP contribution in [0.1, 0.15) is 36.5 Å². The lowest BCUT2D eigenvalue weighted by Gasteiger charge is -2.07. The van der Waals surface area contributed by atoms with Crippen LogP contribution >= 0.6 is 34.7 Å². The number of hydrogen-bond acceptors (Lipinski definition) is 4. The number of aromatic nitrogens is 2. The standard InChI is InChI=1S/C14H19ClN2S2/c1-5-8(2)6-18-7-11-16-13(15)12-9(3)10(4)19-14(12)17-11/h8H,5-7H2,1-4H3. The van der Waals surface area contributed by atoms with Gasteiger partial charge < -0.3 is 0 Å². The first kappa shape index (κ1) is 15.1. The van der Waals surface area contributed by atoms with Crippen molar-refractivity contribution in [2.75, 3.05) is 5.75 Å². The zero-order chi connectivity index (χ0) is 14.0. The number of aryl methyl sites for hydroxylation is 2. The second-order valence-electron chi connectivity index (χ2n) is 4.92. The van der Waals surface area contributed by atoms with Crippen LogP contribution in [0.15, 0.2) is 0 Å². The lowest BCUT2D eigenvalue weighted by Crippen LogP contribution is -1.98.